The van der Waals surface area contributed by atoms with Crippen molar-refractivity contribution in [3.63, 3.8) is 0 Å². The number of rotatable bonds is 4. The van der Waals surface area contributed by atoms with E-state index in [0.29, 0.717) is 12.1 Å². The number of nitrogen functional groups attached to an aromatic ring is 1. The van der Waals surface area contributed by atoms with Crippen LogP contribution in [0.5, 0.6) is 0 Å². The lowest BCUT2D eigenvalue weighted by Gasteiger charge is -2.15. The monoisotopic (exact) mass is 281 g/mol. The Balaban J connectivity index is 2.70. The molecule has 0 atom stereocenters. The van der Waals surface area contributed by atoms with Crippen molar-refractivity contribution in [2.75, 3.05) is 5.73 Å². The fourth-order valence-corrected chi connectivity index (χ4v) is 2.47. The molecule has 2 aromatic heterocycles. The molecule has 5 heteroatoms. The van der Waals surface area contributed by atoms with Crippen LogP contribution in [0.15, 0.2) is 25.0 Å². The van der Waals surface area contributed by atoms with E-state index in [1.807, 2.05) is 13.1 Å². The highest BCUT2D eigenvalue weighted by molar-refractivity contribution is 5.78. The molecule has 5 nitrogen and oxygen atoms in total. The molecule has 0 saturated heterocycles. The Bertz CT molecular complexity index is 719. The summed E-state index contributed by atoms with van der Waals surface area (Å²) in [7, 11) is 0. The smallest absolute Gasteiger partial charge is 0.142 e. The minimum Gasteiger partial charge on any atom is -0.383 e. The fourth-order valence-electron chi connectivity index (χ4n) is 2.47. The van der Waals surface area contributed by atoms with Crippen molar-refractivity contribution in [2.45, 2.75) is 33.2 Å². The number of nitriles is 1. The molecule has 21 heavy (non-hydrogen) atoms. The molecule has 108 valence electrons. The molecule has 0 aliphatic rings. The largest absolute Gasteiger partial charge is 0.383 e. The molecule has 0 fully saturated rings. The van der Waals surface area contributed by atoms with Gasteiger partial charge in [0.1, 0.15) is 17.5 Å². The van der Waals surface area contributed by atoms with Crippen LogP contribution in [0, 0.1) is 18.3 Å². The first-order chi connectivity index (χ1) is 9.99. The Hall–Kier alpha value is -2.61. The first-order valence-electron chi connectivity index (χ1n) is 6.83. The first kappa shape index (κ1) is 14.8. The first-order valence-corrected chi connectivity index (χ1v) is 6.83. The molecule has 0 aliphatic carbocycles. The van der Waals surface area contributed by atoms with E-state index in [1.165, 1.54) is 0 Å². The number of allylic oxidation sites excluding steroid dienone is 1. The lowest BCUT2D eigenvalue weighted by atomic mass is 9.93. The molecule has 2 N–H and O–H groups in total. The van der Waals surface area contributed by atoms with Gasteiger partial charge in [-0.25, -0.2) is 4.98 Å². The van der Waals surface area contributed by atoms with Crippen LogP contribution in [0.25, 0.3) is 11.1 Å². The number of nitrogens with two attached hydrogens (primary N) is 1. The molecule has 0 aromatic carbocycles. The van der Waals surface area contributed by atoms with Crippen LogP contribution in [0.3, 0.4) is 0 Å². The van der Waals surface area contributed by atoms with Crippen LogP contribution in [0.2, 0.25) is 0 Å². The molecular weight excluding hydrogens is 262 g/mol. The Labute approximate surface area is 124 Å². The van der Waals surface area contributed by atoms with Crippen molar-refractivity contribution in [2.24, 2.45) is 0 Å². The van der Waals surface area contributed by atoms with Gasteiger partial charge in [0.05, 0.1) is 12.7 Å². The van der Waals surface area contributed by atoms with Crippen LogP contribution < -0.4 is 5.73 Å². The third kappa shape index (κ3) is 2.65. The Morgan fingerprint density at radius 2 is 2.24 bits per heavy atom. The maximum atomic E-state index is 9.41. The van der Waals surface area contributed by atoms with Gasteiger partial charge in [0, 0.05) is 23.0 Å². The van der Waals surface area contributed by atoms with Gasteiger partial charge in [0.25, 0.3) is 0 Å². The summed E-state index contributed by atoms with van der Waals surface area (Å²) in [5.74, 6) is 0.514. The highest BCUT2D eigenvalue weighted by atomic mass is 15.3. The molecule has 2 heterocycles. The van der Waals surface area contributed by atoms with E-state index in [1.54, 1.807) is 17.0 Å². The number of anilines is 1. The molecule has 2 rings (SSSR count). The van der Waals surface area contributed by atoms with Crippen LogP contribution >= 0.6 is 0 Å². The van der Waals surface area contributed by atoms with Crippen molar-refractivity contribution in [1.82, 2.24) is 14.8 Å². The molecule has 0 amide bonds. The van der Waals surface area contributed by atoms with Crippen molar-refractivity contribution < 1.29 is 0 Å². The summed E-state index contributed by atoms with van der Waals surface area (Å²) in [6, 6.07) is 2.17. The van der Waals surface area contributed by atoms with Gasteiger partial charge in [0.2, 0.25) is 0 Å². The molecular formula is C16H19N5. The molecule has 0 saturated carbocycles. The van der Waals surface area contributed by atoms with E-state index in [9.17, 15) is 5.26 Å². The summed E-state index contributed by atoms with van der Waals surface area (Å²) < 4.78 is 1.77. The van der Waals surface area contributed by atoms with E-state index in [4.69, 9.17) is 5.73 Å². The predicted octanol–water partition coefficient (Wildman–Crippen LogP) is 3.02. The van der Waals surface area contributed by atoms with Crippen LogP contribution in [-0.2, 0) is 6.54 Å². The molecule has 0 bridgehead atoms. The van der Waals surface area contributed by atoms with E-state index in [-0.39, 0.29) is 11.7 Å². The summed E-state index contributed by atoms with van der Waals surface area (Å²) in [5.41, 5.74) is 9.97. The van der Waals surface area contributed by atoms with Gasteiger partial charge in [-0.15, -0.1) is 6.58 Å². The Morgan fingerprint density at radius 3 is 2.81 bits per heavy atom. The zero-order valence-electron chi connectivity index (χ0n) is 12.6. The third-order valence-electron chi connectivity index (χ3n) is 3.40. The quantitative estimate of drug-likeness (QED) is 0.873. The summed E-state index contributed by atoms with van der Waals surface area (Å²) in [4.78, 5) is 4.38. The Morgan fingerprint density at radius 1 is 1.52 bits per heavy atom. The van der Waals surface area contributed by atoms with Crippen molar-refractivity contribution in [3.8, 4) is 17.2 Å². The summed E-state index contributed by atoms with van der Waals surface area (Å²) in [6.07, 6.45) is 5.42. The average molecular weight is 281 g/mol. The summed E-state index contributed by atoms with van der Waals surface area (Å²) >= 11 is 0. The number of pyridine rings is 1. The second kappa shape index (κ2) is 5.80. The van der Waals surface area contributed by atoms with Gasteiger partial charge >= 0.3 is 0 Å². The van der Waals surface area contributed by atoms with Crippen molar-refractivity contribution >= 4 is 5.82 Å². The Kier molecular flexibility index (Phi) is 4.08. The molecule has 0 spiro atoms. The second-order valence-corrected chi connectivity index (χ2v) is 5.26. The highest BCUT2D eigenvalue weighted by Crippen LogP contribution is 2.33. The topological polar surface area (TPSA) is 80.5 Å². The molecule has 2 aromatic rings. The maximum absolute atomic E-state index is 9.41. The molecule has 0 radical (unpaired) electrons. The SMILES string of the molecule is C=CCn1cc(-c2c(C)c(C(C)C)nc(N)c2C#N)cn1. The number of hydrogen-bond acceptors (Lipinski definition) is 4. The fraction of sp³-hybridized carbons (Fsp3) is 0.312. The molecule has 0 unspecified atom stereocenters. The summed E-state index contributed by atoms with van der Waals surface area (Å²) in [5, 5.41) is 13.7. The van der Waals surface area contributed by atoms with E-state index >= 15 is 0 Å². The highest BCUT2D eigenvalue weighted by Gasteiger charge is 2.19. The van der Waals surface area contributed by atoms with E-state index in [2.05, 4.69) is 36.6 Å². The minimum absolute atomic E-state index is 0.238. The van der Waals surface area contributed by atoms with Crippen LogP contribution in [-0.4, -0.2) is 14.8 Å². The van der Waals surface area contributed by atoms with Crippen LogP contribution in [0.4, 0.5) is 5.82 Å². The molecule has 0 aliphatic heterocycles. The van der Waals surface area contributed by atoms with Gasteiger partial charge in [-0.05, 0) is 18.4 Å². The van der Waals surface area contributed by atoms with E-state index in [0.717, 1.165) is 22.4 Å². The standard InChI is InChI=1S/C16H19N5/c1-5-6-21-9-12(8-19-21)14-11(4)15(10(2)3)20-16(18)13(14)7-17/h5,8-10H,1,6H2,2-4H3,(H2,18,20). The number of hydrogen-bond donors (Lipinski definition) is 1. The van der Waals surface area contributed by atoms with Crippen molar-refractivity contribution in [1.29, 1.82) is 5.26 Å². The maximum Gasteiger partial charge on any atom is 0.142 e. The lowest BCUT2D eigenvalue weighted by Crippen LogP contribution is -2.06. The third-order valence-corrected chi connectivity index (χ3v) is 3.40. The summed E-state index contributed by atoms with van der Waals surface area (Å²) in [6.45, 7) is 10.4. The predicted molar refractivity (Wildman–Crippen MR) is 83.6 cm³/mol. The van der Waals surface area contributed by atoms with Gasteiger partial charge in [0.15, 0.2) is 0 Å². The zero-order chi connectivity index (χ0) is 15.6. The number of aromatic nitrogens is 3. The van der Waals surface area contributed by atoms with E-state index < -0.39 is 0 Å². The van der Waals surface area contributed by atoms with Gasteiger partial charge in [-0.2, -0.15) is 10.4 Å². The average Bonchev–Trinajstić information content (AvgIpc) is 2.88. The zero-order valence-corrected chi connectivity index (χ0v) is 12.6. The van der Waals surface area contributed by atoms with Gasteiger partial charge < -0.3 is 5.73 Å². The minimum atomic E-state index is 0.238. The van der Waals surface area contributed by atoms with Crippen molar-refractivity contribution in [3.05, 3.63) is 41.9 Å². The van der Waals surface area contributed by atoms with Gasteiger partial charge in [-0.1, -0.05) is 19.9 Å². The lowest BCUT2D eigenvalue weighted by molar-refractivity contribution is 0.703. The van der Waals surface area contributed by atoms with Crippen LogP contribution in [0.1, 0.15) is 36.6 Å². The van der Waals surface area contributed by atoms with Gasteiger partial charge in [-0.3, -0.25) is 4.68 Å². The normalized spacial score (nSPS) is 10.6. The number of nitrogens with zero attached hydrogens (tertiary/aromatic N) is 4. The second-order valence-electron chi connectivity index (χ2n) is 5.26.